The molecule has 0 spiro atoms. The summed E-state index contributed by atoms with van der Waals surface area (Å²) in [5.41, 5.74) is 4.24. The molecule has 0 bridgehead atoms. The van der Waals surface area contributed by atoms with E-state index in [4.69, 9.17) is 4.74 Å². The molecule has 3 rings (SSSR count). The van der Waals surface area contributed by atoms with Gasteiger partial charge in [0.25, 0.3) is 5.91 Å². The maximum absolute atomic E-state index is 12.2. The highest BCUT2D eigenvalue weighted by atomic mass is 16.5. The van der Waals surface area contributed by atoms with Crippen LogP contribution in [-0.2, 0) is 4.74 Å². The predicted octanol–water partition coefficient (Wildman–Crippen LogP) is 2.55. The average molecular weight is 272 g/mol. The number of hydrogen-bond acceptors (Lipinski definition) is 2. The molecule has 4 nitrogen and oxygen atoms in total. The first-order chi connectivity index (χ1) is 9.48. The molecule has 0 aliphatic carbocycles. The number of carbonyl (C=O) groups excluding carboxylic acids is 1. The molecule has 0 saturated carbocycles. The summed E-state index contributed by atoms with van der Waals surface area (Å²) in [6, 6.07) is 5.80. The van der Waals surface area contributed by atoms with Gasteiger partial charge < -0.3 is 15.0 Å². The Morgan fingerprint density at radius 2 is 2.15 bits per heavy atom. The molecule has 20 heavy (non-hydrogen) atoms. The number of carbonyl (C=O) groups is 1. The van der Waals surface area contributed by atoms with Crippen LogP contribution in [0.25, 0.3) is 10.9 Å². The lowest BCUT2D eigenvalue weighted by Gasteiger charge is -2.38. The van der Waals surface area contributed by atoms with Crippen LogP contribution in [0.15, 0.2) is 18.2 Å². The zero-order valence-electron chi connectivity index (χ0n) is 12.2. The molecular formula is C16H20N2O2. The normalized spacial score (nSPS) is 16.9. The van der Waals surface area contributed by atoms with Gasteiger partial charge in [-0.05, 0) is 37.6 Å². The second-order valence-electron chi connectivity index (χ2n) is 6.12. The molecule has 1 saturated heterocycles. The van der Waals surface area contributed by atoms with Crippen LogP contribution in [0, 0.1) is 19.3 Å². The molecule has 0 atom stereocenters. The van der Waals surface area contributed by atoms with Crippen molar-refractivity contribution < 1.29 is 9.53 Å². The fourth-order valence-corrected chi connectivity index (χ4v) is 2.55. The van der Waals surface area contributed by atoms with Crippen LogP contribution >= 0.6 is 0 Å². The summed E-state index contributed by atoms with van der Waals surface area (Å²) in [6.45, 7) is 8.36. The van der Waals surface area contributed by atoms with Crippen molar-refractivity contribution in [2.75, 3.05) is 19.8 Å². The lowest BCUT2D eigenvalue weighted by atomic mass is 9.88. The molecule has 2 aromatic rings. The van der Waals surface area contributed by atoms with E-state index in [1.165, 1.54) is 5.56 Å². The molecule has 1 amide bonds. The van der Waals surface area contributed by atoms with Crippen molar-refractivity contribution in [2.24, 2.45) is 5.41 Å². The van der Waals surface area contributed by atoms with Crippen molar-refractivity contribution in [1.82, 2.24) is 10.3 Å². The van der Waals surface area contributed by atoms with Gasteiger partial charge in [-0.1, -0.05) is 6.92 Å². The van der Waals surface area contributed by atoms with E-state index in [2.05, 4.69) is 24.1 Å². The largest absolute Gasteiger partial charge is 0.380 e. The van der Waals surface area contributed by atoms with Crippen molar-refractivity contribution in [2.45, 2.75) is 20.8 Å². The molecule has 4 heteroatoms. The van der Waals surface area contributed by atoms with E-state index in [-0.39, 0.29) is 11.3 Å². The molecule has 1 aromatic heterocycles. The fraction of sp³-hybridized carbons (Fsp3) is 0.438. The minimum absolute atomic E-state index is 0.0155. The summed E-state index contributed by atoms with van der Waals surface area (Å²) in [5.74, 6) is -0.0155. The smallest absolute Gasteiger partial charge is 0.251 e. The van der Waals surface area contributed by atoms with Gasteiger partial charge in [0, 0.05) is 34.1 Å². The number of aromatic amines is 1. The third-order valence-corrected chi connectivity index (χ3v) is 4.15. The van der Waals surface area contributed by atoms with Crippen LogP contribution < -0.4 is 5.32 Å². The predicted molar refractivity (Wildman–Crippen MR) is 79.0 cm³/mol. The number of amides is 1. The van der Waals surface area contributed by atoms with Crippen molar-refractivity contribution in [3.63, 3.8) is 0 Å². The molecule has 106 valence electrons. The van der Waals surface area contributed by atoms with Crippen molar-refractivity contribution in [3.8, 4) is 0 Å². The highest BCUT2D eigenvalue weighted by Gasteiger charge is 2.33. The highest BCUT2D eigenvalue weighted by Crippen LogP contribution is 2.26. The Kier molecular flexibility index (Phi) is 3.05. The summed E-state index contributed by atoms with van der Waals surface area (Å²) in [6.07, 6.45) is 0. The number of hydrogen-bond donors (Lipinski definition) is 2. The SMILES string of the molecule is Cc1[nH]c2ccc(C(=O)NCC3(C)COC3)cc2c1C. The summed E-state index contributed by atoms with van der Waals surface area (Å²) in [7, 11) is 0. The Morgan fingerprint density at radius 3 is 2.80 bits per heavy atom. The van der Waals surface area contributed by atoms with Crippen LogP contribution in [0.1, 0.15) is 28.5 Å². The van der Waals surface area contributed by atoms with Gasteiger partial charge in [0.2, 0.25) is 0 Å². The molecule has 1 fully saturated rings. The lowest BCUT2D eigenvalue weighted by molar-refractivity contribution is -0.0978. The minimum Gasteiger partial charge on any atom is -0.380 e. The van der Waals surface area contributed by atoms with Crippen LogP contribution in [0.4, 0.5) is 0 Å². The number of H-pyrrole nitrogens is 1. The Labute approximate surface area is 118 Å². The van der Waals surface area contributed by atoms with E-state index in [0.717, 1.165) is 29.8 Å². The topological polar surface area (TPSA) is 54.1 Å². The van der Waals surface area contributed by atoms with Gasteiger partial charge >= 0.3 is 0 Å². The molecular weight excluding hydrogens is 252 g/mol. The molecule has 1 aliphatic rings. The molecule has 0 radical (unpaired) electrons. The third kappa shape index (κ3) is 2.20. The number of nitrogens with one attached hydrogen (secondary N) is 2. The summed E-state index contributed by atoms with van der Waals surface area (Å²) >= 11 is 0. The third-order valence-electron chi connectivity index (χ3n) is 4.15. The average Bonchev–Trinajstić information content (AvgIpc) is 2.69. The number of aromatic nitrogens is 1. The van der Waals surface area contributed by atoms with E-state index in [1.54, 1.807) is 0 Å². The number of rotatable bonds is 3. The Balaban J connectivity index is 1.79. The van der Waals surface area contributed by atoms with Gasteiger partial charge in [-0.2, -0.15) is 0 Å². The first kappa shape index (κ1) is 13.2. The number of fused-ring (bicyclic) bond motifs is 1. The van der Waals surface area contributed by atoms with E-state index in [1.807, 2.05) is 25.1 Å². The highest BCUT2D eigenvalue weighted by molar-refractivity contribution is 5.99. The van der Waals surface area contributed by atoms with E-state index in [0.29, 0.717) is 12.1 Å². The minimum atomic E-state index is -0.0155. The molecule has 0 unspecified atom stereocenters. The second kappa shape index (κ2) is 4.63. The van der Waals surface area contributed by atoms with Crippen molar-refractivity contribution >= 4 is 16.8 Å². The maximum Gasteiger partial charge on any atom is 0.251 e. The second-order valence-corrected chi connectivity index (χ2v) is 6.12. The monoisotopic (exact) mass is 272 g/mol. The maximum atomic E-state index is 12.2. The first-order valence-electron chi connectivity index (χ1n) is 6.93. The van der Waals surface area contributed by atoms with Crippen LogP contribution in [-0.4, -0.2) is 30.6 Å². The van der Waals surface area contributed by atoms with Gasteiger partial charge in [0.1, 0.15) is 0 Å². The van der Waals surface area contributed by atoms with Crippen LogP contribution in [0.3, 0.4) is 0 Å². The van der Waals surface area contributed by atoms with Crippen molar-refractivity contribution in [1.29, 1.82) is 0 Å². The summed E-state index contributed by atoms with van der Waals surface area (Å²) in [5, 5.41) is 4.12. The number of ether oxygens (including phenoxy) is 1. The standard InChI is InChI=1S/C16H20N2O2/c1-10-11(2)18-14-5-4-12(6-13(10)14)15(19)17-7-16(3)8-20-9-16/h4-6,18H,7-9H2,1-3H3,(H,17,19). The quantitative estimate of drug-likeness (QED) is 0.902. The molecule has 1 aliphatic heterocycles. The Bertz CT molecular complexity index is 668. The Morgan fingerprint density at radius 1 is 1.40 bits per heavy atom. The number of aryl methyl sites for hydroxylation is 2. The van der Waals surface area contributed by atoms with Gasteiger partial charge in [-0.3, -0.25) is 4.79 Å². The molecule has 2 heterocycles. The van der Waals surface area contributed by atoms with Crippen LogP contribution in [0.2, 0.25) is 0 Å². The van der Waals surface area contributed by atoms with Gasteiger partial charge in [0.15, 0.2) is 0 Å². The fourth-order valence-electron chi connectivity index (χ4n) is 2.55. The van der Waals surface area contributed by atoms with Crippen LogP contribution in [0.5, 0.6) is 0 Å². The zero-order valence-corrected chi connectivity index (χ0v) is 12.2. The molecule has 1 aromatic carbocycles. The van der Waals surface area contributed by atoms with Gasteiger partial charge in [-0.25, -0.2) is 0 Å². The number of benzene rings is 1. The van der Waals surface area contributed by atoms with E-state index in [9.17, 15) is 4.79 Å². The zero-order chi connectivity index (χ0) is 14.3. The first-order valence-corrected chi connectivity index (χ1v) is 6.93. The van der Waals surface area contributed by atoms with E-state index >= 15 is 0 Å². The van der Waals surface area contributed by atoms with Gasteiger partial charge in [-0.15, -0.1) is 0 Å². The lowest BCUT2D eigenvalue weighted by Crippen LogP contribution is -2.48. The molecule has 2 N–H and O–H groups in total. The van der Waals surface area contributed by atoms with Gasteiger partial charge in [0.05, 0.1) is 13.2 Å². The van der Waals surface area contributed by atoms with E-state index < -0.39 is 0 Å². The Hall–Kier alpha value is -1.81. The van der Waals surface area contributed by atoms with Crippen molar-refractivity contribution in [3.05, 3.63) is 35.0 Å². The summed E-state index contributed by atoms with van der Waals surface area (Å²) < 4.78 is 5.20. The summed E-state index contributed by atoms with van der Waals surface area (Å²) in [4.78, 5) is 15.6.